The van der Waals surface area contributed by atoms with Crippen molar-refractivity contribution in [2.24, 2.45) is 0 Å². The first-order valence-corrected chi connectivity index (χ1v) is 10.7. The maximum absolute atomic E-state index is 12.5. The molecule has 3 heterocycles. The van der Waals surface area contributed by atoms with Crippen molar-refractivity contribution in [2.45, 2.75) is 19.3 Å². The summed E-state index contributed by atoms with van der Waals surface area (Å²) in [5.74, 6) is 0.863. The molecule has 2 aromatic heterocycles. The molecular weight excluding hydrogens is 420 g/mol. The zero-order valence-corrected chi connectivity index (χ0v) is 17.7. The first-order valence-electron chi connectivity index (χ1n) is 9.49. The van der Waals surface area contributed by atoms with Crippen LogP contribution in [-0.4, -0.2) is 27.6 Å². The standard InChI is InChI=1S/C22H17ClN4O2S/c1-13-24-19(12-30-13)14-5-7-15(8-6-14)21-25-22(29-26-21)16-9-20(28)27(11-16)18-4-2-3-17(23)10-18/h2-8,10,12,16H,9,11H2,1H3. The van der Waals surface area contributed by atoms with Gasteiger partial charge in [-0.1, -0.05) is 47.1 Å². The Kier molecular flexibility index (Phi) is 4.84. The van der Waals surface area contributed by atoms with E-state index in [0.29, 0.717) is 29.7 Å². The molecule has 1 aliphatic heterocycles. The monoisotopic (exact) mass is 436 g/mol. The van der Waals surface area contributed by atoms with Crippen LogP contribution in [0.1, 0.15) is 23.2 Å². The minimum Gasteiger partial charge on any atom is -0.339 e. The van der Waals surface area contributed by atoms with Crippen LogP contribution in [0.5, 0.6) is 0 Å². The Morgan fingerprint density at radius 2 is 1.93 bits per heavy atom. The van der Waals surface area contributed by atoms with Gasteiger partial charge in [-0.2, -0.15) is 4.98 Å². The van der Waals surface area contributed by atoms with Gasteiger partial charge in [0.2, 0.25) is 17.6 Å². The second-order valence-electron chi connectivity index (χ2n) is 7.17. The number of aryl methyl sites for hydroxylation is 1. The van der Waals surface area contributed by atoms with Crippen molar-refractivity contribution in [3.05, 3.63) is 69.8 Å². The maximum atomic E-state index is 12.5. The molecule has 0 N–H and O–H groups in total. The molecule has 1 atom stereocenters. The molecule has 8 heteroatoms. The highest BCUT2D eigenvalue weighted by atomic mass is 35.5. The zero-order chi connectivity index (χ0) is 20.7. The van der Waals surface area contributed by atoms with Crippen LogP contribution in [0.25, 0.3) is 22.6 Å². The Hall–Kier alpha value is -3.03. The third-order valence-corrected chi connectivity index (χ3v) is 6.10. The van der Waals surface area contributed by atoms with Crippen molar-refractivity contribution in [1.82, 2.24) is 15.1 Å². The van der Waals surface area contributed by atoms with Gasteiger partial charge in [0.05, 0.1) is 16.6 Å². The van der Waals surface area contributed by atoms with E-state index in [1.54, 1.807) is 28.4 Å². The highest BCUT2D eigenvalue weighted by Crippen LogP contribution is 2.33. The minimum atomic E-state index is -0.144. The number of rotatable bonds is 4. The number of carbonyl (C=O) groups excluding carboxylic acids is 1. The Morgan fingerprint density at radius 3 is 2.67 bits per heavy atom. The summed E-state index contributed by atoms with van der Waals surface area (Å²) in [4.78, 5) is 23.3. The zero-order valence-electron chi connectivity index (χ0n) is 16.1. The van der Waals surface area contributed by atoms with Crippen molar-refractivity contribution >= 4 is 34.5 Å². The molecular formula is C22H17ClN4O2S. The quantitative estimate of drug-likeness (QED) is 0.431. The van der Waals surface area contributed by atoms with Crippen LogP contribution >= 0.6 is 22.9 Å². The summed E-state index contributed by atoms with van der Waals surface area (Å²) in [5, 5.41) is 7.80. The number of nitrogens with zero attached hydrogens (tertiary/aromatic N) is 4. The number of aromatic nitrogens is 3. The van der Waals surface area contributed by atoms with E-state index in [4.69, 9.17) is 16.1 Å². The third-order valence-electron chi connectivity index (χ3n) is 5.09. The molecule has 0 aliphatic carbocycles. The number of halogens is 1. The van der Waals surface area contributed by atoms with Crippen molar-refractivity contribution in [3.8, 4) is 22.6 Å². The van der Waals surface area contributed by atoms with E-state index < -0.39 is 0 Å². The van der Waals surface area contributed by atoms with Gasteiger partial charge >= 0.3 is 0 Å². The highest BCUT2D eigenvalue weighted by Gasteiger charge is 2.35. The second kappa shape index (κ2) is 7.66. The lowest BCUT2D eigenvalue weighted by Gasteiger charge is -2.16. The first kappa shape index (κ1) is 19.0. The molecule has 0 radical (unpaired) electrons. The Balaban J connectivity index is 1.34. The fourth-order valence-corrected chi connectivity index (χ4v) is 4.38. The van der Waals surface area contributed by atoms with E-state index in [0.717, 1.165) is 27.5 Å². The van der Waals surface area contributed by atoms with Gasteiger partial charge < -0.3 is 9.42 Å². The van der Waals surface area contributed by atoms with E-state index in [2.05, 4.69) is 15.1 Å². The summed E-state index contributed by atoms with van der Waals surface area (Å²) in [7, 11) is 0. The van der Waals surface area contributed by atoms with Gasteiger partial charge in [0.15, 0.2) is 0 Å². The lowest BCUT2D eigenvalue weighted by molar-refractivity contribution is -0.117. The minimum absolute atomic E-state index is 0.0184. The van der Waals surface area contributed by atoms with Crippen LogP contribution in [-0.2, 0) is 4.79 Å². The van der Waals surface area contributed by atoms with Crippen molar-refractivity contribution < 1.29 is 9.32 Å². The van der Waals surface area contributed by atoms with Crippen LogP contribution in [0.15, 0.2) is 58.4 Å². The van der Waals surface area contributed by atoms with Gasteiger partial charge in [-0.25, -0.2) is 4.98 Å². The van der Waals surface area contributed by atoms with Crippen LogP contribution in [0, 0.1) is 6.92 Å². The number of anilines is 1. The number of carbonyl (C=O) groups is 1. The van der Waals surface area contributed by atoms with E-state index in [9.17, 15) is 4.79 Å². The third kappa shape index (κ3) is 3.62. The molecule has 30 heavy (non-hydrogen) atoms. The Morgan fingerprint density at radius 1 is 1.13 bits per heavy atom. The molecule has 4 aromatic rings. The maximum Gasteiger partial charge on any atom is 0.232 e. The fourth-order valence-electron chi connectivity index (χ4n) is 3.57. The van der Waals surface area contributed by atoms with Gasteiger partial charge in [-0.3, -0.25) is 4.79 Å². The predicted molar refractivity (Wildman–Crippen MR) is 117 cm³/mol. The molecule has 1 aliphatic rings. The van der Waals surface area contributed by atoms with E-state index >= 15 is 0 Å². The van der Waals surface area contributed by atoms with E-state index in [1.807, 2.05) is 48.7 Å². The lowest BCUT2D eigenvalue weighted by Crippen LogP contribution is -2.24. The normalized spacial score (nSPS) is 16.4. The Labute approximate surface area is 182 Å². The largest absolute Gasteiger partial charge is 0.339 e. The van der Waals surface area contributed by atoms with Crippen molar-refractivity contribution in [1.29, 1.82) is 0 Å². The van der Waals surface area contributed by atoms with Gasteiger partial charge in [-0.15, -0.1) is 11.3 Å². The molecule has 6 nitrogen and oxygen atoms in total. The Bertz CT molecular complexity index is 1220. The molecule has 150 valence electrons. The molecule has 0 spiro atoms. The average Bonchev–Trinajstić information content (AvgIpc) is 3.48. The van der Waals surface area contributed by atoms with Crippen LogP contribution < -0.4 is 4.90 Å². The topological polar surface area (TPSA) is 72.1 Å². The van der Waals surface area contributed by atoms with Gasteiger partial charge in [-0.05, 0) is 25.1 Å². The number of hydrogen-bond acceptors (Lipinski definition) is 6. The molecule has 2 aromatic carbocycles. The average molecular weight is 437 g/mol. The molecule has 0 bridgehead atoms. The number of thiazole rings is 1. The summed E-state index contributed by atoms with van der Waals surface area (Å²) in [6.07, 6.45) is 0.330. The van der Waals surface area contributed by atoms with Crippen LogP contribution in [0.4, 0.5) is 5.69 Å². The molecule has 5 rings (SSSR count). The van der Waals surface area contributed by atoms with Gasteiger partial charge in [0, 0.05) is 40.2 Å². The molecule has 1 fully saturated rings. The first-order chi connectivity index (χ1) is 14.6. The molecule has 1 amide bonds. The summed E-state index contributed by atoms with van der Waals surface area (Å²) in [5.41, 5.74) is 3.65. The summed E-state index contributed by atoms with van der Waals surface area (Å²) < 4.78 is 5.50. The summed E-state index contributed by atoms with van der Waals surface area (Å²) in [6.45, 7) is 2.48. The predicted octanol–water partition coefficient (Wildman–Crippen LogP) is 5.34. The summed E-state index contributed by atoms with van der Waals surface area (Å²) >= 11 is 7.69. The highest BCUT2D eigenvalue weighted by molar-refractivity contribution is 7.09. The van der Waals surface area contributed by atoms with Gasteiger partial charge in [0.1, 0.15) is 0 Å². The van der Waals surface area contributed by atoms with E-state index in [1.165, 1.54) is 0 Å². The van der Waals surface area contributed by atoms with Crippen molar-refractivity contribution in [2.75, 3.05) is 11.4 Å². The number of amides is 1. The molecule has 1 unspecified atom stereocenters. The second-order valence-corrected chi connectivity index (χ2v) is 8.67. The van der Waals surface area contributed by atoms with Crippen LogP contribution in [0.3, 0.4) is 0 Å². The molecule has 1 saturated heterocycles. The van der Waals surface area contributed by atoms with Crippen LogP contribution in [0.2, 0.25) is 5.02 Å². The SMILES string of the molecule is Cc1nc(-c2ccc(-c3noc(C4CC(=O)N(c5cccc(Cl)c5)C4)n3)cc2)cs1. The summed E-state index contributed by atoms with van der Waals surface area (Å²) in [6, 6.07) is 15.2. The fraction of sp³-hybridized carbons (Fsp3) is 0.182. The van der Waals surface area contributed by atoms with E-state index in [-0.39, 0.29) is 11.8 Å². The van der Waals surface area contributed by atoms with Gasteiger partial charge in [0.25, 0.3) is 0 Å². The molecule has 0 saturated carbocycles. The smallest absolute Gasteiger partial charge is 0.232 e. The lowest BCUT2D eigenvalue weighted by atomic mass is 10.1. The number of hydrogen-bond donors (Lipinski definition) is 0. The number of benzene rings is 2. The van der Waals surface area contributed by atoms with Crippen molar-refractivity contribution in [3.63, 3.8) is 0 Å².